The van der Waals surface area contributed by atoms with Crippen LogP contribution in [0.15, 0.2) is 10.2 Å². The molecule has 0 aromatic carbocycles. The third-order valence-electron chi connectivity index (χ3n) is 2.08. The van der Waals surface area contributed by atoms with E-state index in [1.807, 2.05) is 0 Å². The van der Waals surface area contributed by atoms with Gasteiger partial charge in [0.2, 0.25) is 0 Å². The van der Waals surface area contributed by atoms with Crippen molar-refractivity contribution in [2.75, 3.05) is 0 Å². The van der Waals surface area contributed by atoms with Gasteiger partial charge in [0.05, 0.1) is 14.0 Å². The summed E-state index contributed by atoms with van der Waals surface area (Å²) in [7, 11) is -0.0856. The van der Waals surface area contributed by atoms with E-state index in [2.05, 4.69) is 5.70 Å². The topological polar surface area (TPSA) is 0 Å². The van der Waals surface area contributed by atoms with Gasteiger partial charge in [-0.25, -0.2) is 0 Å². The quantitative estimate of drug-likeness (QED) is 0.594. The van der Waals surface area contributed by atoms with Gasteiger partial charge in [0.15, 0.2) is 0 Å². The lowest BCUT2D eigenvalue weighted by atomic mass is 10.4. The second kappa shape index (κ2) is 4.42. The zero-order valence-electron chi connectivity index (χ0n) is 5.95. The van der Waals surface area contributed by atoms with Crippen molar-refractivity contribution >= 4 is 32.7 Å². The summed E-state index contributed by atoms with van der Waals surface area (Å²) >= 11 is 11.0. The molecule has 1 saturated carbocycles. The molecule has 0 saturated heterocycles. The van der Waals surface area contributed by atoms with Crippen LogP contribution < -0.4 is 0 Å². The lowest BCUT2D eigenvalue weighted by Crippen LogP contribution is -1.94. The summed E-state index contributed by atoms with van der Waals surface area (Å²) in [5.74, 6) is 0. The van der Waals surface area contributed by atoms with E-state index in [0.717, 1.165) is 5.54 Å². The second-order valence-corrected chi connectivity index (χ2v) is 5.92. The summed E-state index contributed by atoms with van der Waals surface area (Å²) in [6.45, 7) is 0. The molecule has 10 heavy (non-hydrogen) atoms. The highest BCUT2D eigenvalue weighted by Gasteiger charge is 2.13. The Morgan fingerprint density at radius 1 is 1.30 bits per heavy atom. The third kappa shape index (κ3) is 3.09. The number of hydrogen-bond donors (Lipinski definition) is 0. The molecule has 0 atom stereocenters. The monoisotopic (exact) mass is 194 g/mol. The fourth-order valence-corrected chi connectivity index (χ4v) is 3.60. The van der Waals surface area contributed by atoms with Crippen LogP contribution in [0.25, 0.3) is 0 Å². The summed E-state index contributed by atoms with van der Waals surface area (Å²) in [5, 5.41) is 0. The van der Waals surface area contributed by atoms with Crippen LogP contribution in [0.3, 0.4) is 0 Å². The zero-order valence-corrected chi connectivity index (χ0v) is 8.87. The highest BCUT2D eigenvalue weighted by molar-refractivity contribution is 6.60. The van der Waals surface area contributed by atoms with Gasteiger partial charge in [-0.2, -0.15) is 0 Å². The number of hydrogen-bond acceptors (Lipinski definition) is 0. The molecule has 0 heterocycles. The Morgan fingerprint density at radius 2 is 1.90 bits per heavy atom. The van der Waals surface area contributed by atoms with Gasteiger partial charge in [-0.05, 0) is 5.54 Å². The summed E-state index contributed by atoms with van der Waals surface area (Å²) < 4.78 is 0.485. The molecule has 1 fully saturated rings. The normalized spacial score (nSPS) is 20.6. The average Bonchev–Trinajstić information content (AvgIpc) is 2.34. The number of rotatable bonds is 2. The molecule has 0 bridgehead atoms. The molecule has 1 aliphatic rings. The Hall–Kier alpha value is 0.537. The van der Waals surface area contributed by atoms with Gasteiger partial charge < -0.3 is 0 Å². The first-order chi connectivity index (χ1) is 4.79. The molecule has 3 heteroatoms. The first-order valence-corrected chi connectivity index (χ1v) is 6.19. The molecule has 1 rings (SSSR count). The summed E-state index contributed by atoms with van der Waals surface area (Å²) in [4.78, 5) is 0. The molecule has 0 amide bonds. The molecule has 0 radical (unpaired) electrons. The van der Waals surface area contributed by atoms with Gasteiger partial charge in [-0.1, -0.05) is 54.6 Å². The van der Waals surface area contributed by atoms with Crippen molar-refractivity contribution in [3.63, 3.8) is 0 Å². The van der Waals surface area contributed by atoms with Gasteiger partial charge in [0, 0.05) is 0 Å². The minimum absolute atomic E-state index is 0.0856. The predicted octanol–water partition coefficient (Wildman–Crippen LogP) is 2.79. The maximum Gasteiger partial charge on any atom is 0.0980 e. The molecular formula is C7H12Cl2Si. The van der Waals surface area contributed by atoms with Crippen molar-refractivity contribution in [2.45, 2.75) is 31.2 Å². The molecule has 58 valence electrons. The molecule has 1 aliphatic carbocycles. The summed E-state index contributed by atoms with van der Waals surface area (Å²) in [5.41, 5.74) is 3.05. The molecule has 0 aromatic rings. The first-order valence-electron chi connectivity index (χ1n) is 3.80. The van der Waals surface area contributed by atoms with E-state index in [1.54, 1.807) is 0 Å². The van der Waals surface area contributed by atoms with Crippen LogP contribution in [0.4, 0.5) is 0 Å². The fraction of sp³-hybridized carbons (Fsp3) is 0.714. The van der Waals surface area contributed by atoms with Crippen LogP contribution in [0.1, 0.15) is 25.7 Å². The fourth-order valence-electron chi connectivity index (χ4n) is 1.50. The van der Waals surface area contributed by atoms with Crippen LogP contribution in [0, 0.1) is 0 Å². The molecule has 0 nitrogen and oxygen atoms in total. The van der Waals surface area contributed by atoms with Gasteiger partial charge in [-0.15, -0.1) is 0 Å². The lowest BCUT2D eigenvalue weighted by Gasteiger charge is -2.01. The summed E-state index contributed by atoms with van der Waals surface area (Å²) in [6, 6.07) is 0. The average molecular weight is 195 g/mol. The van der Waals surface area contributed by atoms with Crippen molar-refractivity contribution < 1.29 is 0 Å². The largest absolute Gasteiger partial charge is 0.0980 e. The van der Waals surface area contributed by atoms with E-state index in [1.165, 1.54) is 25.7 Å². The highest BCUT2D eigenvalue weighted by Crippen LogP contribution is 2.29. The molecule has 0 unspecified atom stereocenters. The molecule has 0 N–H and O–H groups in total. The Balaban J connectivity index is 2.18. The van der Waals surface area contributed by atoms with Gasteiger partial charge >= 0.3 is 0 Å². The summed E-state index contributed by atoms with van der Waals surface area (Å²) in [6.07, 6.45) is 5.68. The molecule has 0 aromatic heterocycles. The Kier molecular flexibility index (Phi) is 3.82. The van der Waals surface area contributed by atoms with E-state index in [0.29, 0.717) is 4.49 Å². The maximum absolute atomic E-state index is 5.52. The molecule has 0 spiro atoms. The molecule has 0 aliphatic heterocycles. The van der Waals surface area contributed by atoms with Crippen molar-refractivity contribution in [3.8, 4) is 0 Å². The van der Waals surface area contributed by atoms with E-state index >= 15 is 0 Å². The molecular weight excluding hydrogens is 183 g/mol. The SMILES string of the molecule is ClC(Cl)=C[SiH2]C1CCCC1. The van der Waals surface area contributed by atoms with Crippen LogP contribution >= 0.6 is 23.2 Å². The van der Waals surface area contributed by atoms with E-state index < -0.39 is 0 Å². The lowest BCUT2D eigenvalue weighted by molar-refractivity contribution is 0.872. The van der Waals surface area contributed by atoms with Crippen molar-refractivity contribution in [1.82, 2.24) is 0 Å². The van der Waals surface area contributed by atoms with E-state index in [4.69, 9.17) is 23.2 Å². The van der Waals surface area contributed by atoms with E-state index in [-0.39, 0.29) is 9.52 Å². The predicted molar refractivity (Wildman–Crippen MR) is 50.6 cm³/mol. The maximum atomic E-state index is 5.52. The highest BCUT2D eigenvalue weighted by atomic mass is 35.5. The van der Waals surface area contributed by atoms with Crippen LogP contribution in [0.2, 0.25) is 5.54 Å². The first kappa shape index (κ1) is 8.63. The zero-order chi connectivity index (χ0) is 7.40. The minimum atomic E-state index is -0.0856. The minimum Gasteiger partial charge on any atom is -0.0717 e. The van der Waals surface area contributed by atoms with E-state index in [9.17, 15) is 0 Å². The van der Waals surface area contributed by atoms with Crippen molar-refractivity contribution in [1.29, 1.82) is 0 Å². The van der Waals surface area contributed by atoms with Crippen molar-refractivity contribution in [3.05, 3.63) is 10.2 Å². The number of halogens is 2. The Morgan fingerprint density at radius 3 is 2.40 bits per heavy atom. The van der Waals surface area contributed by atoms with Crippen LogP contribution in [-0.2, 0) is 0 Å². The third-order valence-corrected chi connectivity index (χ3v) is 5.03. The smallest absolute Gasteiger partial charge is 0.0717 e. The standard InChI is InChI=1S/C7H12Cl2Si/c8-7(9)5-10-6-3-1-2-4-6/h5-6H,1-4,10H2. The second-order valence-electron chi connectivity index (χ2n) is 2.88. The van der Waals surface area contributed by atoms with Crippen LogP contribution in [0.5, 0.6) is 0 Å². The Bertz CT molecular complexity index is 124. The Labute approximate surface area is 74.4 Å². The van der Waals surface area contributed by atoms with Crippen molar-refractivity contribution in [2.24, 2.45) is 0 Å². The van der Waals surface area contributed by atoms with Crippen LogP contribution in [-0.4, -0.2) is 9.52 Å². The van der Waals surface area contributed by atoms with Gasteiger partial charge in [-0.3, -0.25) is 0 Å². The van der Waals surface area contributed by atoms with Gasteiger partial charge in [0.25, 0.3) is 0 Å². The van der Waals surface area contributed by atoms with Gasteiger partial charge in [0.1, 0.15) is 0 Å².